The van der Waals surface area contributed by atoms with E-state index in [4.69, 9.17) is 5.73 Å². The first kappa shape index (κ1) is 13.7. The SMILES string of the molecule is Nc1ccc(CCCN(Cc2cccs2)C2CC2)cc1. The fraction of sp³-hybridized carbons (Fsp3) is 0.412. The Morgan fingerprint density at radius 2 is 1.95 bits per heavy atom. The maximum absolute atomic E-state index is 5.72. The first-order valence-electron chi connectivity index (χ1n) is 7.42. The summed E-state index contributed by atoms with van der Waals surface area (Å²) in [5.41, 5.74) is 7.97. The van der Waals surface area contributed by atoms with Crippen molar-refractivity contribution in [2.24, 2.45) is 0 Å². The molecule has 0 amide bonds. The van der Waals surface area contributed by atoms with Gasteiger partial charge in [0, 0.05) is 23.2 Å². The summed E-state index contributed by atoms with van der Waals surface area (Å²) in [6, 6.07) is 13.5. The molecule has 0 radical (unpaired) electrons. The number of nitrogens with zero attached hydrogens (tertiary/aromatic N) is 1. The predicted octanol–water partition coefficient (Wildman–Crippen LogP) is 3.93. The maximum Gasteiger partial charge on any atom is 0.0330 e. The van der Waals surface area contributed by atoms with Crippen LogP contribution in [0.25, 0.3) is 0 Å². The molecule has 106 valence electrons. The van der Waals surface area contributed by atoms with Gasteiger partial charge >= 0.3 is 0 Å². The number of rotatable bonds is 7. The molecule has 1 aromatic carbocycles. The number of nitrogens with two attached hydrogens (primary N) is 1. The molecule has 2 N–H and O–H groups in total. The normalized spacial score (nSPS) is 14.8. The van der Waals surface area contributed by atoms with Gasteiger partial charge in [0.1, 0.15) is 0 Å². The van der Waals surface area contributed by atoms with Gasteiger partial charge in [-0.15, -0.1) is 11.3 Å². The molecule has 20 heavy (non-hydrogen) atoms. The van der Waals surface area contributed by atoms with Gasteiger partial charge in [0.2, 0.25) is 0 Å². The smallest absolute Gasteiger partial charge is 0.0330 e. The van der Waals surface area contributed by atoms with Crippen LogP contribution < -0.4 is 5.73 Å². The van der Waals surface area contributed by atoms with Gasteiger partial charge in [0.25, 0.3) is 0 Å². The highest BCUT2D eigenvalue weighted by atomic mass is 32.1. The molecule has 0 atom stereocenters. The third-order valence-electron chi connectivity index (χ3n) is 3.89. The highest BCUT2D eigenvalue weighted by molar-refractivity contribution is 7.09. The summed E-state index contributed by atoms with van der Waals surface area (Å²) in [7, 11) is 0. The van der Waals surface area contributed by atoms with Crippen LogP contribution in [0.1, 0.15) is 29.7 Å². The number of thiophene rings is 1. The van der Waals surface area contributed by atoms with Crippen molar-refractivity contribution in [3.63, 3.8) is 0 Å². The second-order valence-electron chi connectivity index (χ2n) is 5.63. The van der Waals surface area contributed by atoms with Crippen LogP contribution in [0, 0.1) is 0 Å². The van der Waals surface area contributed by atoms with E-state index in [0.717, 1.165) is 24.7 Å². The Hall–Kier alpha value is -1.32. The summed E-state index contributed by atoms with van der Waals surface area (Å²) in [6.45, 7) is 2.33. The van der Waals surface area contributed by atoms with Gasteiger partial charge in [-0.2, -0.15) is 0 Å². The molecule has 1 aromatic heterocycles. The zero-order valence-corrected chi connectivity index (χ0v) is 12.6. The number of aryl methyl sites for hydroxylation is 1. The fourth-order valence-corrected chi connectivity index (χ4v) is 3.33. The van der Waals surface area contributed by atoms with Crippen molar-refractivity contribution < 1.29 is 0 Å². The lowest BCUT2D eigenvalue weighted by molar-refractivity contribution is 0.254. The molecule has 0 saturated heterocycles. The van der Waals surface area contributed by atoms with E-state index in [2.05, 4.69) is 34.5 Å². The molecule has 0 unspecified atom stereocenters. The van der Waals surface area contributed by atoms with Crippen LogP contribution in [0.3, 0.4) is 0 Å². The summed E-state index contributed by atoms with van der Waals surface area (Å²) < 4.78 is 0. The van der Waals surface area contributed by atoms with Crippen LogP contribution in [0.2, 0.25) is 0 Å². The van der Waals surface area contributed by atoms with Gasteiger partial charge in [0.15, 0.2) is 0 Å². The molecule has 0 spiro atoms. The largest absolute Gasteiger partial charge is 0.399 e. The molecule has 1 heterocycles. The Morgan fingerprint density at radius 1 is 1.15 bits per heavy atom. The van der Waals surface area contributed by atoms with Gasteiger partial charge in [-0.3, -0.25) is 4.90 Å². The zero-order valence-electron chi connectivity index (χ0n) is 11.8. The van der Waals surface area contributed by atoms with Crippen LogP contribution in [-0.4, -0.2) is 17.5 Å². The maximum atomic E-state index is 5.72. The second-order valence-corrected chi connectivity index (χ2v) is 6.66. The summed E-state index contributed by atoms with van der Waals surface area (Å²) in [4.78, 5) is 4.15. The van der Waals surface area contributed by atoms with E-state index in [1.54, 1.807) is 0 Å². The third-order valence-corrected chi connectivity index (χ3v) is 4.75. The molecule has 2 nitrogen and oxygen atoms in total. The van der Waals surface area contributed by atoms with Crippen molar-refractivity contribution in [2.45, 2.75) is 38.3 Å². The lowest BCUT2D eigenvalue weighted by Crippen LogP contribution is -2.26. The minimum atomic E-state index is 0.837. The summed E-state index contributed by atoms with van der Waals surface area (Å²) >= 11 is 1.87. The minimum absolute atomic E-state index is 0.837. The van der Waals surface area contributed by atoms with Crippen LogP contribution in [0.15, 0.2) is 41.8 Å². The van der Waals surface area contributed by atoms with E-state index >= 15 is 0 Å². The van der Waals surface area contributed by atoms with Gasteiger partial charge in [-0.25, -0.2) is 0 Å². The quantitative estimate of drug-likeness (QED) is 0.781. The van der Waals surface area contributed by atoms with Crippen molar-refractivity contribution in [1.29, 1.82) is 0 Å². The van der Waals surface area contributed by atoms with Gasteiger partial charge in [0.05, 0.1) is 0 Å². The second kappa shape index (κ2) is 6.42. The predicted molar refractivity (Wildman–Crippen MR) is 86.9 cm³/mol. The molecular weight excluding hydrogens is 264 g/mol. The lowest BCUT2D eigenvalue weighted by atomic mass is 10.1. The molecule has 1 fully saturated rings. The van der Waals surface area contributed by atoms with Gasteiger partial charge < -0.3 is 5.73 Å². The van der Waals surface area contributed by atoms with Crippen molar-refractivity contribution >= 4 is 17.0 Å². The number of hydrogen-bond donors (Lipinski definition) is 1. The molecule has 0 aliphatic heterocycles. The van der Waals surface area contributed by atoms with Crippen molar-refractivity contribution in [3.05, 3.63) is 52.2 Å². The van der Waals surface area contributed by atoms with E-state index in [1.165, 1.54) is 36.2 Å². The average molecular weight is 286 g/mol. The zero-order chi connectivity index (χ0) is 13.8. The number of anilines is 1. The standard InChI is InChI=1S/C17H22N2S/c18-15-7-5-14(6-8-15)3-1-11-19(16-9-10-16)13-17-4-2-12-20-17/h2,4-8,12,16H,1,3,9-11,13,18H2. The van der Waals surface area contributed by atoms with Crippen LogP contribution in [-0.2, 0) is 13.0 Å². The lowest BCUT2D eigenvalue weighted by Gasteiger charge is -2.21. The third kappa shape index (κ3) is 3.84. The Kier molecular flexibility index (Phi) is 4.38. The highest BCUT2D eigenvalue weighted by Gasteiger charge is 2.28. The Balaban J connectivity index is 1.48. The molecule has 1 aliphatic rings. The fourth-order valence-electron chi connectivity index (χ4n) is 2.60. The van der Waals surface area contributed by atoms with Crippen molar-refractivity contribution in [2.75, 3.05) is 12.3 Å². The molecule has 0 bridgehead atoms. The topological polar surface area (TPSA) is 29.3 Å². The molecule has 1 aliphatic carbocycles. The van der Waals surface area contributed by atoms with E-state index in [1.807, 2.05) is 23.5 Å². The first-order chi connectivity index (χ1) is 9.81. The average Bonchev–Trinajstić information content (AvgIpc) is 3.18. The Labute approximate surface area is 125 Å². The minimum Gasteiger partial charge on any atom is -0.399 e. The van der Waals surface area contributed by atoms with Crippen molar-refractivity contribution in [3.8, 4) is 0 Å². The van der Waals surface area contributed by atoms with E-state index in [0.29, 0.717) is 0 Å². The van der Waals surface area contributed by atoms with Gasteiger partial charge in [-0.05, 0) is 61.4 Å². The number of benzene rings is 1. The summed E-state index contributed by atoms with van der Waals surface area (Å²) in [5.74, 6) is 0. The van der Waals surface area contributed by atoms with E-state index in [9.17, 15) is 0 Å². The molecular formula is C17H22N2S. The molecule has 2 aromatic rings. The van der Waals surface area contributed by atoms with Crippen molar-refractivity contribution in [1.82, 2.24) is 4.90 Å². The summed E-state index contributed by atoms with van der Waals surface area (Å²) in [5, 5.41) is 2.18. The molecule has 3 rings (SSSR count). The van der Waals surface area contributed by atoms with Crippen LogP contribution in [0.5, 0.6) is 0 Å². The van der Waals surface area contributed by atoms with Crippen LogP contribution in [0.4, 0.5) is 5.69 Å². The summed E-state index contributed by atoms with van der Waals surface area (Å²) in [6.07, 6.45) is 5.14. The number of nitrogen functional groups attached to an aromatic ring is 1. The molecule has 1 saturated carbocycles. The van der Waals surface area contributed by atoms with Gasteiger partial charge in [-0.1, -0.05) is 18.2 Å². The first-order valence-corrected chi connectivity index (χ1v) is 8.30. The monoisotopic (exact) mass is 286 g/mol. The number of hydrogen-bond acceptors (Lipinski definition) is 3. The van der Waals surface area contributed by atoms with Crippen LogP contribution >= 0.6 is 11.3 Å². The van der Waals surface area contributed by atoms with E-state index < -0.39 is 0 Å². The Bertz CT molecular complexity index is 514. The molecule has 3 heteroatoms. The highest BCUT2D eigenvalue weighted by Crippen LogP contribution is 2.29. The van der Waals surface area contributed by atoms with E-state index in [-0.39, 0.29) is 0 Å². The Morgan fingerprint density at radius 3 is 2.60 bits per heavy atom.